The van der Waals surface area contributed by atoms with Gasteiger partial charge in [-0.05, 0) is 57.6 Å². The summed E-state index contributed by atoms with van der Waals surface area (Å²) in [5.41, 5.74) is 9.62. The van der Waals surface area contributed by atoms with Crippen LogP contribution in [0.5, 0.6) is 0 Å². The van der Waals surface area contributed by atoms with Crippen molar-refractivity contribution in [3.8, 4) is 0 Å². The highest BCUT2D eigenvalue weighted by atomic mass is 16.3. The van der Waals surface area contributed by atoms with Crippen LogP contribution in [-0.2, 0) is 5.41 Å². The van der Waals surface area contributed by atoms with E-state index in [0.717, 1.165) is 39.3 Å². The maximum Gasteiger partial charge on any atom is 0.105 e. The van der Waals surface area contributed by atoms with E-state index in [0.29, 0.717) is 0 Å². The van der Waals surface area contributed by atoms with Crippen molar-refractivity contribution in [3.63, 3.8) is 0 Å². The first-order valence-electron chi connectivity index (χ1n) is 11.7. The number of nitrogens with zero attached hydrogens (tertiary/aromatic N) is 1. The van der Waals surface area contributed by atoms with Crippen molar-refractivity contribution < 1.29 is 5.11 Å². The van der Waals surface area contributed by atoms with Gasteiger partial charge >= 0.3 is 0 Å². The highest BCUT2D eigenvalue weighted by Gasteiger charge is 2.51. The SMILES string of the molecule is OC1c2ccccc2C2(c3ccccc31)c1ccccc1N(c1ccccc1)c1ccccc12. The molecule has 1 spiro atoms. The van der Waals surface area contributed by atoms with Gasteiger partial charge in [0, 0.05) is 5.69 Å². The minimum absolute atomic E-state index is 0.523. The second kappa shape index (κ2) is 7.18. The Hall–Kier alpha value is -4.14. The van der Waals surface area contributed by atoms with Crippen molar-refractivity contribution in [3.05, 3.63) is 161 Å². The van der Waals surface area contributed by atoms with Gasteiger partial charge in [0.25, 0.3) is 0 Å². The Morgan fingerprint density at radius 2 is 0.882 bits per heavy atom. The van der Waals surface area contributed by atoms with Gasteiger partial charge in [0.1, 0.15) is 6.10 Å². The summed E-state index contributed by atoms with van der Waals surface area (Å²) in [7, 11) is 0. The first-order chi connectivity index (χ1) is 16.8. The molecular weight excluding hydrogens is 414 g/mol. The van der Waals surface area contributed by atoms with Crippen LogP contribution in [0.2, 0.25) is 0 Å². The monoisotopic (exact) mass is 437 g/mol. The number of aliphatic hydroxyl groups excluding tert-OH is 1. The number of hydrogen-bond acceptors (Lipinski definition) is 2. The van der Waals surface area contributed by atoms with E-state index in [1.165, 1.54) is 11.1 Å². The molecule has 0 saturated carbocycles. The van der Waals surface area contributed by atoms with E-state index < -0.39 is 11.5 Å². The molecule has 2 heteroatoms. The molecule has 2 aliphatic rings. The first-order valence-corrected chi connectivity index (χ1v) is 11.7. The van der Waals surface area contributed by atoms with Gasteiger partial charge in [-0.3, -0.25) is 0 Å². The van der Waals surface area contributed by atoms with Crippen molar-refractivity contribution in [2.75, 3.05) is 4.90 Å². The second-order valence-electron chi connectivity index (χ2n) is 9.03. The summed E-state index contributed by atoms with van der Waals surface area (Å²) >= 11 is 0. The van der Waals surface area contributed by atoms with E-state index in [1.54, 1.807) is 0 Å². The van der Waals surface area contributed by atoms with Gasteiger partial charge < -0.3 is 10.0 Å². The Balaban J connectivity index is 1.68. The molecule has 0 saturated heterocycles. The molecule has 0 radical (unpaired) electrons. The van der Waals surface area contributed by atoms with Gasteiger partial charge in [-0.15, -0.1) is 0 Å². The summed E-state index contributed by atoms with van der Waals surface area (Å²) in [6.07, 6.45) is -0.649. The molecular formula is C32H23NO. The van der Waals surface area contributed by atoms with Gasteiger partial charge in [0.2, 0.25) is 0 Å². The molecule has 1 heterocycles. The Bertz CT molecular complexity index is 1440. The first kappa shape index (κ1) is 19.3. The van der Waals surface area contributed by atoms with E-state index in [-0.39, 0.29) is 0 Å². The molecule has 1 N–H and O–H groups in total. The highest BCUT2D eigenvalue weighted by Crippen LogP contribution is 2.61. The predicted octanol–water partition coefficient (Wildman–Crippen LogP) is 7.25. The highest BCUT2D eigenvalue weighted by molar-refractivity contribution is 5.90. The van der Waals surface area contributed by atoms with E-state index >= 15 is 0 Å². The molecule has 0 aromatic heterocycles. The molecule has 7 rings (SSSR count). The quantitative estimate of drug-likeness (QED) is 0.293. The number of fused-ring (bicyclic) bond motifs is 8. The lowest BCUT2D eigenvalue weighted by Crippen LogP contribution is -2.41. The van der Waals surface area contributed by atoms with E-state index in [4.69, 9.17) is 0 Å². The standard InChI is InChI=1S/C32H23NO/c34-31-23-14-4-6-16-25(23)32(26-17-7-5-15-24(26)31)27-18-8-10-20-29(27)33(22-12-2-1-3-13-22)30-21-11-9-19-28(30)32/h1-21,31,34H. The lowest BCUT2D eigenvalue weighted by atomic mass is 9.57. The van der Waals surface area contributed by atoms with Crippen molar-refractivity contribution >= 4 is 17.1 Å². The van der Waals surface area contributed by atoms with Crippen molar-refractivity contribution in [1.82, 2.24) is 0 Å². The zero-order chi connectivity index (χ0) is 22.7. The minimum Gasteiger partial charge on any atom is -0.384 e. The fourth-order valence-corrected chi connectivity index (χ4v) is 6.15. The smallest absolute Gasteiger partial charge is 0.105 e. The van der Waals surface area contributed by atoms with Gasteiger partial charge in [-0.2, -0.15) is 0 Å². The summed E-state index contributed by atoms with van der Waals surface area (Å²) < 4.78 is 0. The summed E-state index contributed by atoms with van der Waals surface area (Å²) in [5, 5.41) is 11.4. The van der Waals surface area contributed by atoms with Gasteiger partial charge in [-0.1, -0.05) is 103 Å². The Kier molecular flexibility index (Phi) is 4.08. The topological polar surface area (TPSA) is 23.5 Å². The van der Waals surface area contributed by atoms with Crippen LogP contribution < -0.4 is 4.90 Å². The molecule has 1 aliphatic heterocycles. The number of hydrogen-bond donors (Lipinski definition) is 1. The molecule has 5 aromatic carbocycles. The van der Waals surface area contributed by atoms with Crippen LogP contribution in [0.3, 0.4) is 0 Å². The normalized spacial score (nSPS) is 15.3. The zero-order valence-electron chi connectivity index (χ0n) is 18.6. The molecule has 2 nitrogen and oxygen atoms in total. The van der Waals surface area contributed by atoms with Gasteiger partial charge in [-0.25, -0.2) is 0 Å². The van der Waals surface area contributed by atoms with Crippen LogP contribution in [-0.4, -0.2) is 5.11 Å². The van der Waals surface area contributed by atoms with Crippen LogP contribution in [0.15, 0.2) is 127 Å². The molecule has 162 valence electrons. The average Bonchev–Trinajstić information content (AvgIpc) is 2.91. The fourth-order valence-electron chi connectivity index (χ4n) is 6.15. The number of anilines is 3. The Morgan fingerprint density at radius 1 is 0.471 bits per heavy atom. The summed E-state index contributed by atoms with van der Waals surface area (Å²) in [5.74, 6) is 0. The summed E-state index contributed by atoms with van der Waals surface area (Å²) in [6.45, 7) is 0. The van der Waals surface area contributed by atoms with E-state index in [2.05, 4.69) is 120 Å². The maximum absolute atomic E-state index is 11.4. The average molecular weight is 438 g/mol. The summed E-state index contributed by atoms with van der Waals surface area (Å²) in [6, 6.07) is 44.8. The van der Waals surface area contributed by atoms with E-state index in [1.807, 2.05) is 12.1 Å². The van der Waals surface area contributed by atoms with Crippen molar-refractivity contribution in [2.24, 2.45) is 0 Å². The predicted molar refractivity (Wildman–Crippen MR) is 137 cm³/mol. The number of benzene rings is 5. The zero-order valence-corrected chi connectivity index (χ0v) is 18.6. The molecule has 0 atom stereocenters. The van der Waals surface area contributed by atoms with Crippen LogP contribution in [0.1, 0.15) is 39.5 Å². The van der Waals surface area contributed by atoms with Crippen LogP contribution in [0.25, 0.3) is 0 Å². The fraction of sp³-hybridized carbons (Fsp3) is 0.0625. The van der Waals surface area contributed by atoms with Gasteiger partial charge in [0.15, 0.2) is 0 Å². The van der Waals surface area contributed by atoms with E-state index in [9.17, 15) is 5.11 Å². The second-order valence-corrected chi connectivity index (χ2v) is 9.03. The minimum atomic E-state index is -0.649. The van der Waals surface area contributed by atoms with Gasteiger partial charge in [0.05, 0.1) is 16.8 Å². The largest absolute Gasteiger partial charge is 0.384 e. The molecule has 0 bridgehead atoms. The molecule has 0 unspecified atom stereocenters. The molecule has 1 aliphatic carbocycles. The molecule has 34 heavy (non-hydrogen) atoms. The molecule has 5 aromatic rings. The lowest BCUT2D eigenvalue weighted by molar-refractivity contribution is 0.212. The third-order valence-electron chi connectivity index (χ3n) is 7.43. The van der Waals surface area contributed by atoms with Crippen LogP contribution >= 0.6 is 0 Å². The van der Waals surface area contributed by atoms with Crippen molar-refractivity contribution in [2.45, 2.75) is 11.5 Å². The van der Waals surface area contributed by atoms with Crippen LogP contribution in [0.4, 0.5) is 17.1 Å². The Morgan fingerprint density at radius 3 is 1.41 bits per heavy atom. The lowest BCUT2D eigenvalue weighted by Gasteiger charge is -2.50. The third kappa shape index (κ3) is 2.38. The van der Waals surface area contributed by atoms with Crippen LogP contribution in [0, 0.1) is 0 Å². The number of para-hydroxylation sites is 3. The molecule has 0 fully saturated rings. The molecule has 0 amide bonds. The maximum atomic E-state index is 11.4. The Labute approximate surface area is 199 Å². The third-order valence-corrected chi connectivity index (χ3v) is 7.43. The number of rotatable bonds is 1. The number of aliphatic hydroxyl groups is 1. The van der Waals surface area contributed by atoms with Crippen molar-refractivity contribution in [1.29, 1.82) is 0 Å². The summed E-state index contributed by atoms with van der Waals surface area (Å²) in [4.78, 5) is 2.37.